The van der Waals surface area contributed by atoms with Crippen LogP contribution in [0.3, 0.4) is 0 Å². The van der Waals surface area contributed by atoms with Gasteiger partial charge in [0.25, 0.3) is 11.5 Å². The number of aromatic amines is 1. The van der Waals surface area contributed by atoms with Crippen molar-refractivity contribution >= 4 is 5.91 Å². The molecule has 6 nitrogen and oxygen atoms in total. The van der Waals surface area contributed by atoms with Crippen LogP contribution in [0, 0.1) is 25.6 Å². The van der Waals surface area contributed by atoms with E-state index in [9.17, 15) is 14.0 Å². The van der Waals surface area contributed by atoms with Gasteiger partial charge in [-0.3, -0.25) is 9.59 Å². The number of nitrogens with one attached hydrogen (secondary N) is 2. The summed E-state index contributed by atoms with van der Waals surface area (Å²) < 4.78 is 18.6. The molecule has 1 unspecified atom stereocenters. The van der Waals surface area contributed by atoms with E-state index in [1.807, 2.05) is 6.92 Å². The number of furan rings is 1. The van der Waals surface area contributed by atoms with Gasteiger partial charge < -0.3 is 14.7 Å². The number of rotatable bonds is 4. The molecule has 0 bridgehead atoms. The Morgan fingerprint density at radius 3 is 2.67 bits per heavy atom. The van der Waals surface area contributed by atoms with Gasteiger partial charge in [-0.25, -0.2) is 9.37 Å². The van der Waals surface area contributed by atoms with Gasteiger partial charge in [-0.1, -0.05) is 0 Å². The van der Waals surface area contributed by atoms with Crippen LogP contribution in [0.4, 0.5) is 4.39 Å². The predicted molar refractivity (Wildman–Crippen MR) is 111 cm³/mol. The number of benzene rings is 1. The van der Waals surface area contributed by atoms with Crippen LogP contribution in [0.1, 0.15) is 46.0 Å². The SMILES string of the molecule is Cc1cc(C(=O)NCC2CCc3nc(-c4ccc(F)cc4)[nH]c(=O)c3CC2)c(C)o1. The molecule has 30 heavy (non-hydrogen) atoms. The maximum Gasteiger partial charge on any atom is 0.254 e. The van der Waals surface area contributed by atoms with Gasteiger partial charge >= 0.3 is 0 Å². The first-order valence-corrected chi connectivity index (χ1v) is 10.1. The van der Waals surface area contributed by atoms with Crippen LogP contribution in [0.2, 0.25) is 0 Å². The molecule has 0 fully saturated rings. The molecule has 1 amide bonds. The Hall–Kier alpha value is -3.22. The standard InChI is InChI=1S/C23H24FN3O3/c1-13-11-19(14(2)30-13)22(28)25-12-15-3-9-18-20(10-4-15)26-21(27-23(18)29)16-5-7-17(24)8-6-16/h5-8,11,15H,3-4,9-10,12H2,1-2H3,(H,25,28)(H,26,27,29). The Morgan fingerprint density at radius 2 is 1.97 bits per heavy atom. The van der Waals surface area contributed by atoms with Crippen LogP contribution in [0.25, 0.3) is 11.4 Å². The number of fused-ring (bicyclic) bond motifs is 1. The number of amides is 1. The van der Waals surface area contributed by atoms with Gasteiger partial charge in [-0.2, -0.15) is 0 Å². The number of H-pyrrole nitrogens is 1. The Morgan fingerprint density at radius 1 is 1.23 bits per heavy atom. The topological polar surface area (TPSA) is 88.0 Å². The zero-order valence-corrected chi connectivity index (χ0v) is 17.0. The normalized spacial score (nSPS) is 16.0. The van der Waals surface area contributed by atoms with E-state index in [1.54, 1.807) is 25.1 Å². The van der Waals surface area contributed by atoms with Gasteiger partial charge in [-0.15, -0.1) is 0 Å². The third kappa shape index (κ3) is 4.20. The lowest BCUT2D eigenvalue weighted by Gasteiger charge is -2.14. The summed E-state index contributed by atoms with van der Waals surface area (Å²) in [6, 6.07) is 7.66. The summed E-state index contributed by atoms with van der Waals surface area (Å²) in [6.07, 6.45) is 2.91. The van der Waals surface area contributed by atoms with Crippen molar-refractivity contribution in [2.45, 2.75) is 39.5 Å². The van der Waals surface area contributed by atoms with Crippen molar-refractivity contribution < 1.29 is 13.6 Å². The molecule has 0 spiro atoms. The molecular weight excluding hydrogens is 385 g/mol. The van der Waals surface area contributed by atoms with E-state index >= 15 is 0 Å². The third-order valence-electron chi connectivity index (χ3n) is 5.65. The van der Waals surface area contributed by atoms with Gasteiger partial charge in [0.1, 0.15) is 23.2 Å². The highest BCUT2D eigenvalue weighted by atomic mass is 19.1. The number of hydrogen-bond acceptors (Lipinski definition) is 4. The maximum absolute atomic E-state index is 13.2. The van der Waals surface area contributed by atoms with E-state index in [0.29, 0.717) is 53.4 Å². The first kappa shape index (κ1) is 20.1. The van der Waals surface area contributed by atoms with Crippen molar-refractivity contribution in [2.75, 3.05) is 6.54 Å². The number of aryl methyl sites for hydroxylation is 3. The van der Waals surface area contributed by atoms with Crippen molar-refractivity contribution in [3.63, 3.8) is 0 Å². The highest BCUT2D eigenvalue weighted by molar-refractivity contribution is 5.95. The minimum absolute atomic E-state index is 0.138. The molecule has 156 valence electrons. The van der Waals surface area contributed by atoms with Crippen molar-refractivity contribution in [2.24, 2.45) is 5.92 Å². The van der Waals surface area contributed by atoms with E-state index in [1.165, 1.54) is 12.1 Å². The zero-order valence-electron chi connectivity index (χ0n) is 17.0. The molecule has 4 rings (SSSR count). The molecule has 0 radical (unpaired) electrons. The lowest BCUT2D eigenvalue weighted by Crippen LogP contribution is -2.29. The van der Waals surface area contributed by atoms with Crippen molar-refractivity contribution in [1.29, 1.82) is 0 Å². The van der Waals surface area contributed by atoms with Gasteiger partial charge in [0.2, 0.25) is 0 Å². The average Bonchev–Trinajstić information content (AvgIpc) is 2.93. The van der Waals surface area contributed by atoms with E-state index in [0.717, 1.165) is 18.5 Å². The lowest BCUT2D eigenvalue weighted by molar-refractivity contribution is 0.0944. The molecule has 0 saturated heterocycles. The molecule has 1 atom stereocenters. The van der Waals surface area contributed by atoms with Crippen LogP contribution in [0.15, 0.2) is 39.5 Å². The third-order valence-corrected chi connectivity index (χ3v) is 5.65. The van der Waals surface area contributed by atoms with E-state index in [4.69, 9.17) is 4.42 Å². The highest BCUT2D eigenvalue weighted by Crippen LogP contribution is 2.23. The number of aromatic nitrogens is 2. The second kappa shape index (κ2) is 8.26. The summed E-state index contributed by atoms with van der Waals surface area (Å²) in [5.74, 6) is 1.57. The molecular formula is C23H24FN3O3. The minimum atomic E-state index is -0.332. The Kier molecular flexibility index (Phi) is 5.53. The molecule has 7 heteroatoms. The van der Waals surface area contributed by atoms with E-state index < -0.39 is 0 Å². The molecule has 0 saturated carbocycles. The van der Waals surface area contributed by atoms with Gasteiger partial charge in [0.05, 0.1) is 11.3 Å². The Balaban J connectivity index is 1.45. The molecule has 2 heterocycles. The summed E-state index contributed by atoms with van der Waals surface area (Å²) in [5.41, 5.74) is 2.58. The highest BCUT2D eigenvalue weighted by Gasteiger charge is 2.22. The minimum Gasteiger partial charge on any atom is -0.466 e. The first-order chi connectivity index (χ1) is 14.4. The van der Waals surface area contributed by atoms with Crippen LogP contribution in [0.5, 0.6) is 0 Å². The van der Waals surface area contributed by atoms with Crippen molar-refractivity contribution in [3.8, 4) is 11.4 Å². The van der Waals surface area contributed by atoms with Crippen LogP contribution >= 0.6 is 0 Å². The summed E-state index contributed by atoms with van der Waals surface area (Å²) >= 11 is 0. The number of carbonyl (C=O) groups is 1. The molecule has 2 N–H and O–H groups in total. The average molecular weight is 409 g/mol. The molecule has 1 aliphatic carbocycles. The molecule has 3 aromatic rings. The number of halogens is 1. The zero-order chi connectivity index (χ0) is 21.3. The maximum atomic E-state index is 13.2. The predicted octanol–water partition coefficient (Wildman–Crippen LogP) is 3.71. The van der Waals surface area contributed by atoms with Gasteiger partial charge in [0.15, 0.2) is 0 Å². The second-order valence-electron chi connectivity index (χ2n) is 7.83. The summed E-state index contributed by atoms with van der Waals surface area (Å²) in [6.45, 7) is 4.14. The Bertz CT molecular complexity index is 1130. The molecule has 2 aromatic heterocycles. The van der Waals surface area contributed by atoms with Gasteiger partial charge in [-0.05, 0) is 75.8 Å². The van der Waals surface area contributed by atoms with Crippen LogP contribution in [-0.2, 0) is 12.8 Å². The summed E-state index contributed by atoms with van der Waals surface area (Å²) in [4.78, 5) is 32.5. The number of carbonyl (C=O) groups excluding carboxylic acids is 1. The van der Waals surface area contributed by atoms with Crippen LogP contribution < -0.4 is 10.9 Å². The van der Waals surface area contributed by atoms with Crippen molar-refractivity contribution in [1.82, 2.24) is 15.3 Å². The summed E-state index contributed by atoms with van der Waals surface area (Å²) in [7, 11) is 0. The number of hydrogen-bond donors (Lipinski definition) is 2. The lowest BCUT2D eigenvalue weighted by atomic mass is 9.99. The molecule has 0 aliphatic heterocycles. The molecule has 1 aromatic carbocycles. The quantitative estimate of drug-likeness (QED) is 0.643. The fraction of sp³-hybridized carbons (Fsp3) is 0.348. The van der Waals surface area contributed by atoms with Crippen molar-refractivity contribution in [3.05, 3.63) is 74.8 Å². The van der Waals surface area contributed by atoms with E-state index in [2.05, 4.69) is 15.3 Å². The first-order valence-electron chi connectivity index (χ1n) is 10.1. The smallest absolute Gasteiger partial charge is 0.254 e. The van der Waals surface area contributed by atoms with Crippen LogP contribution in [-0.4, -0.2) is 22.4 Å². The van der Waals surface area contributed by atoms with Gasteiger partial charge in [0, 0.05) is 17.7 Å². The fourth-order valence-electron chi connectivity index (χ4n) is 3.98. The fourth-order valence-corrected chi connectivity index (χ4v) is 3.98. The molecule has 1 aliphatic rings. The Labute approximate surface area is 173 Å². The second-order valence-corrected chi connectivity index (χ2v) is 7.83. The van der Waals surface area contributed by atoms with E-state index in [-0.39, 0.29) is 23.2 Å². The largest absolute Gasteiger partial charge is 0.466 e. The monoisotopic (exact) mass is 409 g/mol. The number of nitrogens with zero attached hydrogens (tertiary/aromatic N) is 1. The summed E-state index contributed by atoms with van der Waals surface area (Å²) in [5, 5.41) is 2.99.